The van der Waals surface area contributed by atoms with Crippen molar-refractivity contribution in [3.63, 3.8) is 0 Å². The number of halogens is 3. The summed E-state index contributed by atoms with van der Waals surface area (Å²) >= 11 is 0. The van der Waals surface area contributed by atoms with Crippen LogP contribution >= 0.6 is 24.0 Å². The van der Waals surface area contributed by atoms with Crippen molar-refractivity contribution in [3.8, 4) is 0 Å². The molecule has 0 aliphatic heterocycles. The van der Waals surface area contributed by atoms with Gasteiger partial charge in [0.05, 0.1) is 0 Å². The topological polar surface area (TPSA) is 36.4 Å². The number of benzene rings is 1. The molecule has 1 aromatic carbocycles. The molecular weight excluding hydrogens is 375 g/mol. The average Bonchev–Trinajstić information content (AvgIpc) is 2.36. The molecule has 0 aliphatic carbocycles. The van der Waals surface area contributed by atoms with E-state index in [4.69, 9.17) is 0 Å². The second-order valence-corrected chi connectivity index (χ2v) is 4.72. The molecule has 0 aliphatic rings. The van der Waals surface area contributed by atoms with Gasteiger partial charge in [-0.2, -0.15) is 0 Å². The molecule has 0 atom stereocenters. The largest absolute Gasteiger partial charge is 0.356 e. The molecule has 0 saturated carbocycles. The number of hydrogen-bond acceptors (Lipinski definition) is 1. The Morgan fingerprint density at radius 1 is 1.20 bits per heavy atom. The number of rotatable bonds is 5. The summed E-state index contributed by atoms with van der Waals surface area (Å²) in [7, 11) is 1.67. The standard InChI is InChI=1S/C14H21F2N3.HI/c1-10(2)9-19-14(17-3)18-8-7-11-12(15)5-4-6-13(11)16;/h4-6,10H,7-9H2,1-3H3,(H2,17,18,19);1H. The molecule has 0 heterocycles. The summed E-state index contributed by atoms with van der Waals surface area (Å²) in [5.74, 6) is 0.131. The summed E-state index contributed by atoms with van der Waals surface area (Å²) in [6.07, 6.45) is 0.279. The van der Waals surface area contributed by atoms with Crippen LogP contribution in [-0.2, 0) is 6.42 Å². The molecule has 0 aromatic heterocycles. The highest BCUT2D eigenvalue weighted by atomic mass is 127. The number of aliphatic imine (C=N–C) groups is 1. The third-order valence-electron chi connectivity index (χ3n) is 2.63. The van der Waals surface area contributed by atoms with Crippen LogP contribution in [0, 0.1) is 17.6 Å². The van der Waals surface area contributed by atoms with Crippen molar-refractivity contribution in [1.82, 2.24) is 10.6 Å². The first-order valence-electron chi connectivity index (χ1n) is 6.42. The Morgan fingerprint density at radius 2 is 1.80 bits per heavy atom. The van der Waals surface area contributed by atoms with E-state index in [1.165, 1.54) is 18.2 Å². The van der Waals surface area contributed by atoms with Crippen LogP contribution < -0.4 is 10.6 Å². The summed E-state index contributed by atoms with van der Waals surface area (Å²) in [6.45, 7) is 5.41. The maximum Gasteiger partial charge on any atom is 0.190 e. The fourth-order valence-corrected chi connectivity index (χ4v) is 1.60. The Hall–Kier alpha value is -0.920. The molecule has 20 heavy (non-hydrogen) atoms. The molecule has 0 saturated heterocycles. The summed E-state index contributed by atoms with van der Waals surface area (Å²) < 4.78 is 26.8. The maximum absolute atomic E-state index is 13.4. The van der Waals surface area contributed by atoms with Crippen molar-refractivity contribution < 1.29 is 8.78 Å². The van der Waals surface area contributed by atoms with Gasteiger partial charge in [0.2, 0.25) is 0 Å². The predicted molar refractivity (Wildman–Crippen MR) is 89.7 cm³/mol. The molecule has 1 aromatic rings. The maximum atomic E-state index is 13.4. The minimum Gasteiger partial charge on any atom is -0.356 e. The Morgan fingerprint density at radius 3 is 2.30 bits per heavy atom. The third-order valence-corrected chi connectivity index (χ3v) is 2.63. The van der Waals surface area contributed by atoms with Gasteiger partial charge in [-0.25, -0.2) is 8.78 Å². The Kier molecular flexibility index (Phi) is 9.45. The lowest BCUT2D eigenvalue weighted by molar-refractivity contribution is 0.552. The first kappa shape index (κ1) is 19.1. The van der Waals surface area contributed by atoms with Crippen molar-refractivity contribution in [3.05, 3.63) is 35.4 Å². The lowest BCUT2D eigenvalue weighted by Crippen LogP contribution is -2.40. The Balaban J connectivity index is 0.00000361. The van der Waals surface area contributed by atoms with Gasteiger partial charge in [0.1, 0.15) is 11.6 Å². The van der Waals surface area contributed by atoms with Crippen molar-refractivity contribution in [2.45, 2.75) is 20.3 Å². The van der Waals surface area contributed by atoms with Crippen LogP contribution in [0.5, 0.6) is 0 Å². The molecule has 2 N–H and O–H groups in total. The van der Waals surface area contributed by atoms with Crippen molar-refractivity contribution in [2.24, 2.45) is 10.9 Å². The summed E-state index contributed by atoms with van der Waals surface area (Å²) in [5, 5.41) is 6.17. The molecule has 0 spiro atoms. The van der Waals surface area contributed by atoms with E-state index >= 15 is 0 Å². The van der Waals surface area contributed by atoms with Crippen LogP contribution in [0.2, 0.25) is 0 Å². The summed E-state index contributed by atoms with van der Waals surface area (Å²) in [5.41, 5.74) is 0.106. The molecule has 6 heteroatoms. The van der Waals surface area contributed by atoms with E-state index in [0.717, 1.165) is 6.54 Å². The number of hydrogen-bond donors (Lipinski definition) is 2. The van der Waals surface area contributed by atoms with Gasteiger partial charge in [-0.15, -0.1) is 24.0 Å². The molecule has 0 unspecified atom stereocenters. The second kappa shape index (κ2) is 9.90. The van der Waals surface area contributed by atoms with E-state index < -0.39 is 11.6 Å². The van der Waals surface area contributed by atoms with Crippen molar-refractivity contribution in [2.75, 3.05) is 20.1 Å². The van der Waals surface area contributed by atoms with Gasteiger partial charge in [-0.1, -0.05) is 19.9 Å². The van der Waals surface area contributed by atoms with Gasteiger partial charge in [0, 0.05) is 25.7 Å². The number of guanidine groups is 1. The zero-order valence-electron chi connectivity index (χ0n) is 12.0. The highest BCUT2D eigenvalue weighted by Gasteiger charge is 2.08. The second-order valence-electron chi connectivity index (χ2n) is 4.72. The van der Waals surface area contributed by atoms with E-state index in [1.54, 1.807) is 7.05 Å². The van der Waals surface area contributed by atoms with Gasteiger partial charge >= 0.3 is 0 Å². The molecule has 1 rings (SSSR count). The molecule has 0 radical (unpaired) electrons. The zero-order chi connectivity index (χ0) is 14.3. The highest BCUT2D eigenvalue weighted by Crippen LogP contribution is 2.11. The molecule has 0 fully saturated rings. The van der Waals surface area contributed by atoms with Gasteiger partial charge in [0.25, 0.3) is 0 Å². The van der Waals surface area contributed by atoms with Gasteiger partial charge in [-0.3, -0.25) is 4.99 Å². The van der Waals surface area contributed by atoms with E-state index in [1.807, 2.05) is 0 Å². The van der Waals surface area contributed by atoms with Crippen LogP contribution in [0.3, 0.4) is 0 Å². The number of nitrogens with one attached hydrogen (secondary N) is 2. The SMILES string of the molecule is CN=C(NCCc1c(F)cccc1F)NCC(C)C.I. The highest BCUT2D eigenvalue weighted by molar-refractivity contribution is 14.0. The average molecular weight is 397 g/mol. The van der Waals surface area contributed by atoms with Crippen LogP contribution in [0.25, 0.3) is 0 Å². The van der Waals surface area contributed by atoms with Crippen LogP contribution in [0.1, 0.15) is 19.4 Å². The summed E-state index contributed by atoms with van der Waals surface area (Å²) in [4.78, 5) is 4.04. The number of nitrogens with zero attached hydrogens (tertiary/aromatic N) is 1. The smallest absolute Gasteiger partial charge is 0.190 e. The molecule has 3 nitrogen and oxygen atoms in total. The van der Waals surface area contributed by atoms with E-state index in [9.17, 15) is 8.78 Å². The minimum atomic E-state index is -0.507. The normalized spacial score (nSPS) is 11.2. The zero-order valence-corrected chi connectivity index (χ0v) is 14.4. The Bertz CT molecular complexity index is 416. The fourth-order valence-electron chi connectivity index (χ4n) is 1.60. The lowest BCUT2D eigenvalue weighted by atomic mass is 10.1. The predicted octanol–water partition coefficient (Wildman–Crippen LogP) is 2.95. The van der Waals surface area contributed by atoms with Crippen molar-refractivity contribution >= 4 is 29.9 Å². The quantitative estimate of drug-likeness (QED) is 0.456. The third kappa shape index (κ3) is 6.49. The van der Waals surface area contributed by atoms with Gasteiger partial charge < -0.3 is 10.6 Å². The molecule has 0 amide bonds. The first-order chi connectivity index (χ1) is 9.04. The minimum absolute atomic E-state index is 0. The fraction of sp³-hybridized carbons (Fsp3) is 0.500. The first-order valence-corrected chi connectivity index (χ1v) is 6.42. The summed E-state index contributed by atoms with van der Waals surface area (Å²) in [6, 6.07) is 3.90. The Labute approximate surface area is 136 Å². The van der Waals surface area contributed by atoms with E-state index in [0.29, 0.717) is 18.4 Å². The van der Waals surface area contributed by atoms with Crippen LogP contribution in [0.4, 0.5) is 8.78 Å². The van der Waals surface area contributed by atoms with Crippen molar-refractivity contribution in [1.29, 1.82) is 0 Å². The lowest BCUT2D eigenvalue weighted by Gasteiger charge is -2.13. The monoisotopic (exact) mass is 397 g/mol. The molecule has 0 bridgehead atoms. The van der Waals surface area contributed by atoms with E-state index in [2.05, 4.69) is 29.5 Å². The van der Waals surface area contributed by atoms with Crippen LogP contribution in [0.15, 0.2) is 23.2 Å². The molecular formula is C14H22F2IN3. The van der Waals surface area contributed by atoms with Crippen LogP contribution in [-0.4, -0.2) is 26.1 Å². The van der Waals surface area contributed by atoms with E-state index in [-0.39, 0.29) is 36.0 Å². The van der Waals surface area contributed by atoms with Gasteiger partial charge in [0.15, 0.2) is 5.96 Å². The molecule has 114 valence electrons. The van der Waals surface area contributed by atoms with Gasteiger partial charge in [-0.05, 0) is 24.5 Å².